The molecule has 2 aliphatic rings. The summed E-state index contributed by atoms with van der Waals surface area (Å²) in [6.45, 7) is 4.10. The van der Waals surface area contributed by atoms with Crippen molar-refractivity contribution in [3.8, 4) is 0 Å². The van der Waals surface area contributed by atoms with Gasteiger partial charge in [-0.25, -0.2) is 4.99 Å². The molecule has 16 heavy (non-hydrogen) atoms. The topological polar surface area (TPSA) is 43.3 Å². The minimum absolute atomic E-state index is 0.00935. The van der Waals surface area contributed by atoms with Crippen LogP contribution >= 0.6 is 0 Å². The Morgan fingerprint density at radius 1 is 1.50 bits per heavy atom. The van der Waals surface area contributed by atoms with Gasteiger partial charge in [-0.05, 0) is 13.8 Å². The first-order chi connectivity index (χ1) is 7.46. The van der Waals surface area contributed by atoms with Gasteiger partial charge in [0.15, 0.2) is 12.4 Å². The summed E-state index contributed by atoms with van der Waals surface area (Å²) in [5, 5.41) is 0. The molecule has 2 rings (SSSR count). The Labute approximate surface area is 96.4 Å². The van der Waals surface area contributed by atoms with Crippen LogP contribution in [-0.2, 0) is 14.2 Å². The van der Waals surface area contributed by atoms with E-state index in [1.807, 2.05) is 25.9 Å². The van der Waals surface area contributed by atoms with Crippen LogP contribution in [0.4, 0.5) is 0 Å². The summed E-state index contributed by atoms with van der Waals surface area (Å²) < 4.78 is 16.8. The average molecular weight is 228 g/mol. The van der Waals surface area contributed by atoms with Crippen molar-refractivity contribution in [2.75, 3.05) is 21.2 Å². The van der Waals surface area contributed by atoms with Crippen molar-refractivity contribution in [2.24, 2.45) is 4.99 Å². The van der Waals surface area contributed by atoms with Crippen LogP contribution in [0.2, 0.25) is 0 Å². The average Bonchev–Trinajstić information content (AvgIpc) is 2.56. The van der Waals surface area contributed by atoms with Crippen LogP contribution < -0.4 is 0 Å². The van der Waals surface area contributed by atoms with Gasteiger partial charge in [0.25, 0.3) is 6.02 Å². The monoisotopic (exact) mass is 228 g/mol. The van der Waals surface area contributed by atoms with Crippen molar-refractivity contribution in [1.82, 2.24) is 4.90 Å². The minimum Gasteiger partial charge on any atom is -0.456 e. The Bertz CT molecular complexity index is 306. The number of methoxy groups -OCH3 is 1. The molecule has 0 aliphatic carbocycles. The Hall–Kier alpha value is -0.810. The molecule has 4 atom stereocenters. The Balaban J connectivity index is 2.21. The molecule has 2 heterocycles. The number of fused-ring (bicyclic) bond motifs is 1. The summed E-state index contributed by atoms with van der Waals surface area (Å²) in [7, 11) is 5.52. The number of amidine groups is 1. The van der Waals surface area contributed by atoms with Crippen molar-refractivity contribution >= 4 is 6.02 Å². The van der Waals surface area contributed by atoms with E-state index >= 15 is 0 Å². The second-order valence-corrected chi connectivity index (χ2v) is 4.90. The first kappa shape index (κ1) is 11.7. The van der Waals surface area contributed by atoms with Crippen LogP contribution in [0.15, 0.2) is 4.99 Å². The molecule has 0 aromatic rings. The number of rotatable bonds is 1. The zero-order valence-corrected chi connectivity index (χ0v) is 10.6. The molecule has 2 aliphatic heterocycles. The number of hydrogen-bond donors (Lipinski definition) is 0. The highest BCUT2D eigenvalue weighted by Crippen LogP contribution is 2.38. The maximum atomic E-state index is 5.83. The van der Waals surface area contributed by atoms with Crippen LogP contribution in [-0.4, -0.2) is 56.2 Å². The van der Waals surface area contributed by atoms with Crippen molar-refractivity contribution in [1.29, 1.82) is 0 Å². The van der Waals surface area contributed by atoms with Gasteiger partial charge in [-0.15, -0.1) is 0 Å². The molecule has 92 valence electrons. The summed E-state index contributed by atoms with van der Waals surface area (Å²) in [4.78, 5) is 6.54. The number of ether oxygens (including phenoxy) is 3. The van der Waals surface area contributed by atoms with Crippen molar-refractivity contribution in [3.05, 3.63) is 0 Å². The summed E-state index contributed by atoms with van der Waals surface area (Å²) in [5.41, 5.74) is -0.238. The third kappa shape index (κ3) is 1.78. The summed E-state index contributed by atoms with van der Waals surface area (Å²) in [6, 6.07) is 0.680. The summed E-state index contributed by atoms with van der Waals surface area (Å²) in [6.07, 6.45) is 0.516. The van der Waals surface area contributed by atoms with Crippen LogP contribution in [0.5, 0.6) is 0 Å². The summed E-state index contributed by atoms with van der Waals surface area (Å²) >= 11 is 0. The molecule has 0 radical (unpaired) electrons. The fourth-order valence-corrected chi connectivity index (χ4v) is 2.35. The SMILES string of the molecule is CO[C@@H]1C[C@]2(C)N=C(N(C)C)O[C@@H]2[C@@H](C)O1. The first-order valence-corrected chi connectivity index (χ1v) is 5.58. The Morgan fingerprint density at radius 3 is 2.75 bits per heavy atom. The van der Waals surface area contributed by atoms with Gasteiger partial charge in [0.1, 0.15) is 5.54 Å². The number of hydrogen-bond acceptors (Lipinski definition) is 5. The number of aliphatic imine (C=N–C) groups is 1. The highest BCUT2D eigenvalue weighted by molar-refractivity contribution is 5.76. The van der Waals surface area contributed by atoms with Crippen molar-refractivity contribution < 1.29 is 14.2 Å². The lowest BCUT2D eigenvalue weighted by molar-refractivity contribution is -0.218. The van der Waals surface area contributed by atoms with Crippen molar-refractivity contribution in [3.63, 3.8) is 0 Å². The van der Waals surface area contributed by atoms with Crippen LogP contribution in [0.3, 0.4) is 0 Å². The van der Waals surface area contributed by atoms with Gasteiger partial charge in [0, 0.05) is 27.6 Å². The molecule has 0 aromatic heterocycles. The number of nitrogens with zero attached hydrogens (tertiary/aromatic N) is 2. The molecular weight excluding hydrogens is 208 g/mol. The molecule has 0 bridgehead atoms. The van der Waals surface area contributed by atoms with Crippen LogP contribution in [0.25, 0.3) is 0 Å². The van der Waals surface area contributed by atoms with E-state index in [4.69, 9.17) is 14.2 Å². The van der Waals surface area contributed by atoms with Gasteiger partial charge >= 0.3 is 0 Å². The van der Waals surface area contributed by atoms with E-state index in [-0.39, 0.29) is 24.0 Å². The van der Waals surface area contributed by atoms with E-state index in [0.29, 0.717) is 6.02 Å². The molecule has 5 nitrogen and oxygen atoms in total. The molecule has 1 saturated heterocycles. The smallest absolute Gasteiger partial charge is 0.287 e. The predicted octanol–water partition coefficient (Wildman–Crippen LogP) is 0.843. The van der Waals surface area contributed by atoms with Gasteiger partial charge in [-0.1, -0.05) is 0 Å². The molecule has 0 amide bonds. The van der Waals surface area contributed by atoms with Crippen LogP contribution in [0.1, 0.15) is 20.3 Å². The first-order valence-electron chi connectivity index (χ1n) is 5.58. The van der Waals surface area contributed by atoms with Gasteiger partial charge in [0.2, 0.25) is 0 Å². The van der Waals surface area contributed by atoms with Crippen molar-refractivity contribution in [2.45, 2.75) is 44.3 Å². The largest absolute Gasteiger partial charge is 0.456 e. The zero-order chi connectivity index (χ0) is 11.9. The molecule has 0 saturated carbocycles. The summed E-state index contributed by atoms with van der Waals surface area (Å²) in [5.74, 6) is 0. The molecule has 5 heteroatoms. The van der Waals surface area contributed by atoms with E-state index in [1.165, 1.54) is 0 Å². The molecular formula is C11H20N2O3. The molecule has 1 fully saturated rings. The standard InChI is InChI=1S/C11H20N2O3/c1-7-9-11(2,6-8(14-5)15-7)12-10(16-9)13(3)4/h7-9H,6H2,1-5H3/t7-,8+,9-,11+/m1/s1. The zero-order valence-electron chi connectivity index (χ0n) is 10.6. The minimum atomic E-state index is -0.238. The van der Waals surface area contributed by atoms with E-state index in [9.17, 15) is 0 Å². The van der Waals surface area contributed by atoms with E-state index in [0.717, 1.165) is 6.42 Å². The van der Waals surface area contributed by atoms with Crippen LogP contribution in [0, 0.1) is 0 Å². The highest BCUT2D eigenvalue weighted by atomic mass is 16.7. The Kier molecular flexibility index (Phi) is 2.84. The predicted molar refractivity (Wildman–Crippen MR) is 60.4 cm³/mol. The second kappa shape index (κ2) is 3.89. The van der Waals surface area contributed by atoms with Gasteiger partial charge in [-0.2, -0.15) is 0 Å². The van der Waals surface area contributed by atoms with Gasteiger partial charge < -0.3 is 19.1 Å². The fourth-order valence-electron chi connectivity index (χ4n) is 2.35. The second-order valence-electron chi connectivity index (χ2n) is 4.90. The lowest BCUT2D eigenvalue weighted by Gasteiger charge is -2.40. The highest BCUT2D eigenvalue weighted by Gasteiger charge is 2.51. The lowest BCUT2D eigenvalue weighted by Crippen LogP contribution is -2.52. The molecule has 0 unspecified atom stereocenters. The van der Waals surface area contributed by atoms with Gasteiger partial charge in [0.05, 0.1) is 6.10 Å². The normalized spacial score (nSPS) is 42.3. The van der Waals surface area contributed by atoms with Gasteiger partial charge in [-0.3, -0.25) is 0 Å². The molecule has 0 aromatic carbocycles. The van der Waals surface area contributed by atoms with E-state index in [2.05, 4.69) is 11.9 Å². The molecule has 0 spiro atoms. The third-order valence-electron chi connectivity index (χ3n) is 3.21. The lowest BCUT2D eigenvalue weighted by atomic mass is 9.86. The van der Waals surface area contributed by atoms with E-state index in [1.54, 1.807) is 7.11 Å². The van der Waals surface area contributed by atoms with E-state index < -0.39 is 0 Å². The molecule has 0 N–H and O–H groups in total. The Morgan fingerprint density at radius 2 is 2.19 bits per heavy atom. The maximum Gasteiger partial charge on any atom is 0.287 e. The third-order valence-corrected chi connectivity index (χ3v) is 3.21. The maximum absolute atomic E-state index is 5.83. The fraction of sp³-hybridized carbons (Fsp3) is 0.909. The quantitative estimate of drug-likeness (QED) is 0.667.